The summed E-state index contributed by atoms with van der Waals surface area (Å²) in [5, 5.41) is 12.6. The van der Waals surface area contributed by atoms with E-state index in [0.29, 0.717) is 6.54 Å². The van der Waals surface area contributed by atoms with Crippen LogP contribution in [0, 0.1) is 0 Å². The van der Waals surface area contributed by atoms with Crippen molar-refractivity contribution in [2.45, 2.75) is 24.7 Å². The molecule has 0 aliphatic carbocycles. The number of rotatable bonds is 8. The number of hydrogen-bond donors (Lipinski definition) is 2. The van der Waals surface area contributed by atoms with Gasteiger partial charge in [0, 0.05) is 12.0 Å². The summed E-state index contributed by atoms with van der Waals surface area (Å²) in [6.45, 7) is 0.816. The number of aliphatic hydroxyl groups excluding tert-OH is 1. The van der Waals surface area contributed by atoms with E-state index in [2.05, 4.69) is 29.6 Å². The van der Waals surface area contributed by atoms with E-state index >= 15 is 0 Å². The molecular weight excluding hydrogens is 386 g/mol. The van der Waals surface area contributed by atoms with E-state index < -0.39 is 6.10 Å². The standard InChI is InChI=1S/C24H25NO3.ClH/c26-20(17-27-21-12-5-2-6-13-21)16-25-24(18-9-3-1-4-10-18)23-15-19-11-7-8-14-22(19)28-23;/h1-14,20,23-26H,15-17H2;1H. The Bertz CT molecular complexity index is 851. The zero-order chi connectivity index (χ0) is 19.2. The first-order valence-electron chi connectivity index (χ1n) is 9.78. The second kappa shape index (κ2) is 10.3. The van der Waals surface area contributed by atoms with Crippen LogP contribution in [0.15, 0.2) is 84.9 Å². The van der Waals surface area contributed by atoms with Crippen molar-refractivity contribution in [3.05, 3.63) is 96.1 Å². The van der Waals surface area contributed by atoms with Gasteiger partial charge in [0.25, 0.3) is 0 Å². The molecule has 0 amide bonds. The highest BCUT2D eigenvalue weighted by atomic mass is 35.5. The summed E-state index contributed by atoms with van der Waals surface area (Å²) in [4.78, 5) is 0. The van der Waals surface area contributed by atoms with E-state index in [9.17, 15) is 5.11 Å². The van der Waals surface area contributed by atoms with Crippen molar-refractivity contribution >= 4 is 0 Å². The number of para-hydroxylation sites is 2. The Kier molecular flexibility index (Phi) is 7.53. The average Bonchev–Trinajstić information content (AvgIpc) is 3.18. The first kappa shape index (κ1) is 21.2. The highest BCUT2D eigenvalue weighted by molar-refractivity contribution is 5.38. The van der Waals surface area contributed by atoms with E-state index in [4.69, 9.17) is 9.47 Å². The van der Waals surface area contributed by atoms with Crippen LogP contribution < -0.4 is 27.2 Å². The molecule has 3 aromatic carbocycles. The van der Waals surface area contributed by atoms with Gasteiger partial charge in [-0.2, -0.15) is 0 Å². The molecule has 1 aliphatic heterocycles. The SMILES string of the molecule is OC(C[NH2+]C(c1ccccc1)C1Cc2ccccc2O1)COc1ccccc1.[Cl-]. The number of quaternary nitrogens is 1. The van der Waals surface area contributed by atoms with Crippen molar-refractivity contribution in [3.8, 4) is 11.5 Å². The molecule has 5 heteroatoms. The molecule has 4 rings (SSSR count). The molecule has 0 saturated heterocycles. The Balaban J connectivity index is 0.00000240. The molecule has 0 saturated carbocycles. The van der Waals surface area contributed by atoms with Crippen LogP contribution in [0.1, 0.15) is 17.2 Å². The van der Waals surface area contributed by atoms with E-state index in [-0.39, 0.29) is 31.2 Å². The third-order valence-corrected chi connectivity index (χ3v) is 5.10. The Morgan fingerprint density at radius 2 is 1.59 bits per heavy atom. The average molecular weight is 412 g/mol. The lowest BCUT2D eigenvalue weighted by molar-refractivity contribution is -0.707. The van der Waals surface area contributed by atoms with Gasteiger partial charge in [-0.15, -0.1) is 0 Å². The van der Waals surface area contributed by atoms with Crippen LogP contribution >= 0.6 is 0 Å². The summed E-state index contributed by atoms with van der Waals surface area (Å²) in [6, 6.07) is 28.3. The van der Waals surface area contributed by atoms with Crippen LogP contribution in [0.3, 0.4) is 0 Å². The quantitative estimate of drug-likeness (QED) is 0.537. The van der Waals surface area contributed by atoms with Gasteiger partial charge in [-0.05, 0) is 23.8 Å². The summed E-state index contributed by atoms with van der Waals surface area (Å²) < 4.78 is 11.9. The molecule has 3 atom stereocenters. The maximum atomic E-state index is 10.4. The minimum absolute atomic E-state index is 0. The summed E-state index contributed by atoms with van der Waals surface area (Å²) >= 11 is 0. The Labute approximate surface area is 177 Å². The zero-order valence-corrected chi connectivity index (χ0v) is 16.9. The molecular formula is C24H26ClNO3. The van der Waals surface area contributed by atoms with Gasteiger partial charge in [-0.1, -0.05) is 66.7 Å². The van der Waals surface area contributed by atoms with Gasteiger partial charge in [0.05, 0.1) is 0 Å². The molecule has 3 unspecified atom stereocenters. The lowest BCUT2D eigenvalue weighted by Gasteiger charge is -2.23. The summed E-state index contributed by atoms with van der Waals surface area (Å²) in [6.07, 6.45) is 0.361. The lowest BCUT2D eigenvalue weighted by Crippen LogP contribution is -3.00. The molecule has 0 bridgehead atoms. The summed E-state index contributed by atoms with van der Waals surface area (Å²) in [5.41, 5.74) is 2.45. The molecule has 1 aliphatic rings. The van der Waals surface area contributed by atoms with Crippen molar-refractivity contribution in [1.82, 2.24) is 0 Å². The Morgan fingerprint density at radius 3 is 2.31 bits per heavy atom. The maximum Gasteiger partial charge on any atom is 0.159 e. The second-order valence-electron chi connectivity index (χ2n) is 7.15. The number of benzene rings is 3. The lowest BCUT2D eigenvalue weighted by atomic mass is 9.97. The Morgan fingerprint density at radius 1 is 0.931 bits per heavy atom. The van der Waals surface area contributed by atoms with Gasteiger partial charge >= 0.3 is 0 Å². The largest absolute Gasteiger partial charge is 1.00 e. The molecule has 152 valence electrons. The van der Waals surface area contributed by atoms with Crippen molar-refractivity contribution in [2.75, 3.05) is 13.2 Å². The third kappa shape index (κ3) is 5.51. The minimum atomic E-state index is -0.560. The number of halogens is 1. The van der Waals surface area contributed by atoms with Crippen LogP contribution in [0.5, 0.6) is 11.5 Å². The van der Waals surface area contributed by atoms with Gasteiger partial charge in [-0.3, -0.25) is 0 Å². The Hall–Kier alpha value is -2.53. The maximum absolute atomic E-state index is 10.4. The molecule has 0 aromatic heterocycles. The molecule has 3 aromatic rings. The molecule has 4 nitrogen and oxygen atoms in total. The number of fused-ring (bicyclic) bond motifs is 1. The van der Waals surface area contributed by atoms with Crippen molar-refractivity contribution in [3.63, 3.8) is 0 Å². The van der Waals surface area contributed by atoms with E-state index in [1.807, 2.05) is 60.7 Å². The third-order valence-electron chi connectivity index (χ3n) is 5.10. The van der Waals surface area contributed by atoms with Gasteiger partial charge in [-0.25, -0.2) is 0 Å². The molecule has 1 heterocycles. The molecule has 0 spiro atoms. The van der Waals surface area contributed by atoms with Crippen LogP contribution in [0.4, 0.5) is 0 Å². The van der Waals surface area contributed by atoms with Crippen LogP contribution in [0.2, 0.25) is 0 Å². The van der Waals surface area contributed by atoms with E-state index in [1.54, 1.807) is 0 Å². The van der Waals surface area contributed by atoms with E-state index in [0.717, 1.165) is 17.9 Å². The van der Waals surface area contributed by atoms with Gasteiger partial charge in [0.15, 0.2) is 6.10 Å². The van der Waals surface area contributed by atoms with Gasteiger partial charge < -0.3 is 32.3 Å². The normalized spacial score (nSPS) is 16.8. The number of ether oxygens (including phenoxy) is 2. The fourth-order valence-corrected chi connectivity index (χ4v) is 3.67. The first-order valence-corrected chi connectivity index (χ1v) is 9.78. The second-order valence-corrected chi connectivity index (χ2v) is 7.15. The molecule has 0 fully saturated rings. The predicted molar refractivity (Wildman–Crippen MR) is 108 cm³/mol. The number of nitrogens with two attached hydrogens (primary N) is 1. The summed E-state index contributed by atoms with van der Waals surface area (Å²) in [5.74, 6) is 1.74. The highest BCUT2D eigenvalue weighted by Gasteiger charge is 2.34. The molecule has 3 N–H and O–H groups in total. The first-order chi connectivity index (χ1) is 13.8. The fraction of sp³-hybridized carbons (Fsp3) is 0.250. The monoisotopic (exact) mass is 411 g/mol. The smallest absolute Gasteiger partial charge is 0.159 e. The number of hydrogen-bond acceptors (Lipinski definition) is 3. The predicted octanol–water partition coefficient (Wildman–Crippen LogP) is -0.261. The fourth-order valence-electron chi connectivity index (χ4n) is 3.67. The van der Waals surface area contributed by atoms with Crippen molar-refractivity contribution in [1.29, 1.82) is 0 Å². The van der Waals surface area contributed by atoms with Gasteiger partial charge in [0.1, 0.15) is 36.8 Å². The van der Waals surface area contributed by atoms with Crippen molar-refractivity contribution < 1.29 is 32.3 Å². The molecule has 29 heavy (non-hydrogen) atoms. The van der Waals surface area contributed by atoms with Crippen LogP contribution in [0.25, 0.3) is 0 Å². The topological polar surface area (TPSA) is 55.3 Å². The van der Waals surface area contributed by atoms with Crippen molar-refractivity contribution in [2.24, 2.45) is 0 Å². The van der Waals surface area contributed by atoms with Crippen LogP contribution in [-0.2, 0) is 6.42 Å². The molecule has 0 radical (unpaired) electrons. The zero-order valence-electron chi connectivity index (χ0n) is 16.2. The number of aliphatic hydroxyl groups is 1. The van der Waals surface area contributed by atoms with Crippen LogP contribution in [-0.4, -0.2) is 30.5 Å². The summed E-state index contributed by atoms with van der Waals surface area (Å²) in [7, 11) is 0. The van der Waals surface area contributed by atoms with E-state index in [1.165, 1.54) is 11.1 Å². The highest BCUT2D eigenvalue weighted by Crippen LogP contribution is 2.32. The minimum Gasteiger partial charge on any atom is -1.00 e. The van der Waals surface area contributed by atoms with Gasteiger partial charge in [0.2, 0.25) is 0 Å².